The molecule has 0 aliphatic heterocycles. The number of amides is 1. The lowest BCUT2D eigenvalue weighted by atomic mass is 9.83. The highest BCUT2D eigenvalue weighted by atomic mass is 16.3. The number of phenolic OH excluding ortho intramolecular Hbond substituents is 1. The molecule has 1 fully saturated rings. The minimum Gasteiger partial charge on any atom is -0.508 e. The van der Waals surface area contributed by atoms with Crippen molar-refractivity contribution in [3.8, 4) is 5.75 Å². The molecule has 1 aliphatic carbocycles. The van der Waals surface area contributed by atoms with Crippen LogP contribution in [0.15, 0.2) is 24.3 Å². The Bertz CT molecular complexity index is 476. The molecule has 1 saturated carbocycles. The minimum atomic E-state index is 0.133. The molecule has 2 unspecified atom stereocenters. The largest absolute Gasteiger partial charge is 0.508 e. The van der Waals surface area contributed by atoms with Gasteiger partial charge in [-0.05, 0) is 49.9 Å². The van der Waals surface area contributed by atoms with Gasteiger partial charge in [0.05, 0.1) is 6.42 Å². The molecule has 4 heteroatoms. The number of hydrogen-bond donors (Lipinski definition) is 2. The summed E-state index contributed by atoms with van der Waals surface area (Å²) in [6.07, 6.45) is 4.92. The van der Waals surface area contributed by atoms with Gasteiger partial charge < -0.3 is 15.7 Å². The summed E-state index contributed by atoms with van der Waals surface area (Å²) in [4.78, 5) is 14.6. The predicted molar refractivity (Wildman–Crippen MR) is 84.0 cm³/mol. The van der Waals surface area contributed by atoms with Gasteiger partial charge in [0.1, 0.15) is 5.75 Å². The first-order valence-electron chi connectivity index (χ1n) is 7.93. The van der Waals surface area contributed by atoms with Crippen LogP contribution < -0.4 is 5.73 Å². The van der Waals surface area contributed by atoms with Crippen molar-refractivity contribution < 1.29 is 9.90 Å². The van der Waals surface area contributed by atoms with Gasteiger partial charge in [-0.25, -0.2) is 0 Å². The SMILES string of the molecule is CCN(C(=O)Cc1cccc(O)c1)C1CCCCC1CN. The smallest absolute Gasteiger partial charge is 0.227 e. The van der Waals surface area contributed by atoms with E-state index in [4.69, 9.17) is 5.73 Å². The van der Waals surface area contributed by atoms with E-state index in [0.717, 1.165) is 24.9 Å². The number of phenols is 1. The summed E-state index contributed by atoms with van der Waals surface area (Å²) in [5.74, 6) is 0.765. The van der Waals surface area contributed by atoms with Gasteiger partial charge in [-0.1, -0.05) is 25.0 Å². The topological polar surface area (TPSA) is 66.6 Å². The number of carbonyl (C=O) groups is 1. The molecule has 1 aliphatic rings. The fraction of sp³-hybridized carbons (Fsp3) is 0.588. The summed E-state index contributed by atoms with van der Waals surface area (Å²) in [5.41, 5.74) is 6.75. The fourth-order valence-electron chi connectivity index (χ4n) is 3.41. The van der Waals surface area contributed by atoms with Crippen molar-refractivity contribution >= 4 is 5.91 Å². The molecule has 2 rings (SSSR count). The average molecular weight is 290 g/mol. The Hall–Kier alpha value is -1.55. The second kappa shape index (κ2) is 7.46. The fourth-order valence-corrected chi connectivity index (χ4v) is 3.41. The van der Waals surface area contributed by atoms with Gasteiger partial charge in [0, 0.05) is 12.6 Å². The number of benzene rings is 1. The molecule has 0 heterocycles. The lowest BCUT2D eigenvalue weighted by molar-refractivity contribution is -0.134. The highest BCUT2D eigenvalue weighted by Gasteiger charge is 2.31. The standard InChI is InChI=1S/C17H26N2O2/c1-2-19(16-9-4-3-7-14(16)12-18)17(21)11-13-6-5-8-15(20)10-13/h5-6,8,10,14,16,20H,2-4,7,9,11-12,18H2,1H3. The third-order valence-electron chi connectivity index (χ3n) is 4.50. The van der Waals surface area contributed by atoms with E-state index < -0.39 is 0 Å². The first kappa shape index (κ1) is 15.8. The molecule has 1 aromatic rings. The van der Waals surface area contributed by atoms with Crippen LogP contribution in [0.2, 0.25) is 0 Å². The van der Waals surface area contributed by atoms with Crippen LogP contribution in [0.1, 0.15) is 38.2 Å². The zero-order valence-electron chi connectivity index (χ0n) is 12.8. The molecule has 1 aromatic carbocycles. The van der Waals surface area contributed by atoms with Gasteiger partial charge in [-0.2, -0.15) is 0 Å². The summed E-state index contributed by atoms with van der Waals surface area (Å²) in [5, 5.41) is 9.51. The van der Waals surface area contributed by atoms with E-state index in [1.165, 1.54) is 12.8 Å². The van der Waals surface area contributed by atoms with Crippen LogP contribution in [0, 0.1) is 5.92 Å². The number of carbonyl (C=O) groups excluding carboxylic acids is 1. The van der Waals surface area contributed by atoms with E-state index in [2.05, 4.69) is 0 Å². The maximum absolute atomic E-state index is 12.6. The molecule has 3 N–H and O–H groups in total. The second-order valence-electron chi connectivity index (χ2n) is 5.87. The van der Waals surface area contributed by atoms with Gasteiger partial charge in [-0.15, -0.1) is 0 Å². The van der Waals surface area contributed by atoms with E-state index in [9.17, 15) is 9.90 Å². The van der Waals surface area contributed by atoms with Gasteiger partial charge in [0.2, 0.25) is 5.91 Å². The number of hydrogen-bond acceptors (Lipinski definition) is 3. The molecule has 1 amide bonds. The van der Waals surface area contributed by atoms with Crippen LogP contribution in [0.5, 0.6) is 5.75 Å². The van der Waals surface area contributed by atoms with Crippen LogP contribution in [0.4, 0.5) is 0 Å². The van der Waals surface area contributed by atoms with E-state index in [1.54, 1.807) is 18.2 Å². The van der Waals surface area contributed by atoms with Crippen LogP contribution in [0.25, 0.3) is 0 Å². The van der Waals surface area contributed by atoms with Crippen molar-refractivity contribution in [1.29, 1.82) is 0 Å². The molecule has 116 valence electrons. The Morgan fingerprint density at radius 1 is 1.38 bits per heavy atom. The Labute approximate surface area is 126 Å². The van der Waals surface area contributed by atoms with Crippen LogP contribution in [-0.4, -0.2) is 35.0 Å². The summed E-state index contributed by atoms with van der Waals surface area (Å²) in [6.45, 7) is 3.40. The van der Waals surface area contributed by atoms with Crippen molar-refractivity contribution in [3.05, 3.63) is 29.8 Å². The highest BCUT2D eigenvalue weighted by molar-refractivity contribution is 5.79. The normalized spacial score (nSPS) is 22.0. The molecule has 0 spiro atoms. The lowest BCUT2D eigenvalue weighted by Crippen LogP contribution is -2.48. The van der Waals surface area contributed by atoms with Crippen molar-refractivity contribution in [2.24, 2.45) is 11.7 Å². The van der Waals surface area contributed by atoms with E-state index in [-0.39, 0.29) is 17.7 Å². The van der Waals surface area contributed by atoms with E-state index in [0.29, 0.717) is 18.9 Å². The molecular weight excluding hydrogens is 264 g/mol. The Morgan fingerprint density at radius 3 is 2.81 bits per heavy atom. The molecule has 0 saturated heterocycles. The van der Waals surface area contributed by atoms with Crippen LogP contribution in [0.3, 0.4) is 0 Å². The summed E-state index contributed by atoms with van der Waals surface area (Å²) in [6, 6.07) is 7.22. The molecule has 0 aromatic heterocycles. The molecule has 0 bridgehead atoms. The number of likely N-dealkylation sites (N-methyl/N-ethyl adjacent to an activating group) is 1. The third-order valence-corrected chi connectivity index (χ3v) is 4.50. The number of rotatable bonds is 5. The molecular formula is C17H26N2O2. The maximum atomic E-state index is 12.6. The quantitative estimate of drug-likeness (QED) is 0.874. The third kappa shape index (κ3) is 3.97. The van der Waals surface area contributed by atoms with Crippen LogP contribution in [-0.2, 0) is 11.2 Å². The van der Waals surface area contributed by atoms with Crippen molar-refractivity contribution in [1.82, 2.24) is 4.90 Å². The van der Waals surface area contributed by atoms with Gasteiger partial charge in [0.15, 0.2) is 0 Å². The number of nitrogens with zero attached hydrogens (tertiary/aromatic N) is 1. The monoisotopic (exact) mass is 290 g/mol. The summed E-state index contributed by atoms with van der Waals surface area (Å²) in [7, 11) is 0. The van der Waals surface area contributed by atoms with Crippen LogP contribution >= 0.6 is 0 Å². The van der Waals surface area contributed by atoms with Gasteiger partial charge in [0.25, 0.3) is 0 Å². The minimum absolute atomic E-state index is 0.133. The van der Waals surface area contributed by atoms with Gasteiger partial charge in [-0.3, -0.25) is 4.79 Å². The summed E-state index contributed by atoms with van der Waals surface area (Å²) < 4.78 is 0. The van der Waals surface area contributed by atoms with Crippen molar-refractivity contribution in [3.63, 3.8) is 0 Å². The number of aromatic hydroxyl groups is 1. The molecule has 0 radical (unpaired) electrons. The zero-order chi connectivity index (χ0) is 15.2. The Kier molecular flexibility index (Phi) is 5.62. The molecule has 4 nitrogen and oxygen atoms in total. The lowest BCUT2D eigenvalue weighted by Gasteiger charge is -2.39. The molecule has 21 heavy (non-hydrogen) atoms. The highest BCUT2D eigenvalue weighted by Crippen LogP contribution is 2.28. The first-order valence-corrected chi connectivity index (χ1v) is 7.93. The second-order valence-corrected chi connectivity index (χ2v) is 5.87. The van der Waals surface area contributed by atoms with E-state index in [1.807, 2.05) is 17.9 Å². The summed E-state index contributed by atoms with van der Waals surface area (Å²) >= 11 is 0. The van der Waals surface area contributed by atoms with E-state index >= 15 is 0 Å². The maximum Gasteiger partial charge on any atom is 0.227 e. The Morgan fingerprint density at radius 2 is 2.14 bits per heavy atom. The van der Waals surface area contributed by atoms with Crippen molar-refractivity contribution in [2.45, 2.75) is 45.1 Å². The van der Waals surface area contributed by atoms with Gasteiger partial charge >= 0.3 is 0 Å². The average Bonchev–Trinajstić information content (AvgIpc) is 2.48. The first-order chi connectivity index (χ1) is 10.2. The predicted octanol–water partition coefficient (Wildman–Crippen LogP) is 2.30. The molecule has 2 atom stereocenters. The zero-order valence-corrected chi connectivity index (χ0v) is 12.8. The number of nitrogens with two attached hydrogens (primary N) is 1. The Balaban J connectivity index is 2.07. The van der Waals surface area contributed by atoms with Crippen molar-refractivity contribution in [2.75, 3.05) is 13.1 Å².